The van der Waals surface area contributed by atoms with Crippen molar-refractivity contribution in [3.63, 3.8) is 0 Å². The number of hydrogen-bond acceptors (Lipinski definition) is 3. The Morgan fingerprint density at radius 3 is 2.80 bits per heavy atom. The second kappa shape index (κ2) is 4.73. The van der Waals surface area contributed by atoms with Gasteiger partial charge in [0.25, 0.3) is 0 Å². The van der Waals surface area contributed by atoms with Crippen molar-refractivity contribution in [3.05, 3.63) is 30.1 Å². The molecule has 0 aliphatic heterocycles. The van der Waals surface area contributed by atoms with E-state index in [1.807, 2.05) is 18.3 Å². The van der Waals surface area contributed by atoms with Crippen molar-refractivity contribution in [3.8, 4) is 0 Å². The zero-order valence-corrected chi connectivity index (χ0v) is 9.26. The molecule has 0 aromatic carbocycles. The van der Waals surface area contributed by atoms with Crippen LogP contribution in [-0.4, -0.2) is 28.5 Å². The highest BCUT2D eigenvalue weighted by Crippen LogP contribution is 2.24. The minimum Gasteiger partial charge on any atom is -0.328 e. The van der Waals surface area contributed by atoms with Crippen molar-refractivity contribution in [2.45, 2.75) is 38.4 Å². The third-order valence-corrected chi connectivity index (χ3v) is 3.16. The molecule has 0 unspecified atom stereocenters. The summed E-state index contributed by atoms with van der Waals surface area (Å²) in [6.07, 6.45) is 4.14. The molecule has 3 heteroatoms. The Morgan fingerprint density at radius 1 is 1.47 bits per heavy atom. The first-order chi connectivity index (χ1) is 7.29. The van der Waals surface area contributed by atoms with Gasteiger partial charge < -0.3 is 5.73 Å². The standard InChI is InChI=1S/C12H19N3/c1-2-15(12-7-10(13)8-12)9-11-5-3-4-6-14-11/h3-6,10,12H,2,7-9,13H2,1H3. The van der Waals surface area contributed by atoms with E-state index in [9.17, 15) is 0 Å². The van der Waals surface area contributed by atoms with Gasteiger partial charge in [-0.2, -0.15) is 0 Å². The summed E-state index contributed by atoms with van der Waals surface area (Å²) < 4.78 is 0. The summed E-state index contributed by atoms with van der Waals surface area (Å²) >= 11 is 0. The molecule has 0 spiro atoms. The van der Waals surface area contributed by atoms with Crippen LogP contribution in [0.2, 0.25) is 0 Å². The number of aromatic nitrogens is 1. The minimum atomic E-state index is 0.424. The third kappa shape index (κ3) is 2.55. The first kappa shape index (κ1) is 10.6. The Hall–Kier alpha value is -0.930. The molecule has 0 saturated heterocycles. The fourth-order valence-corrected chi connectivity index (χ4v) is 2.13. The number of hydrogen-bond donors (Lipinski definition) is 1. The van der Waals surface area contributed by atoms with Crippen LogP contribution in [0.3, 0.4) is 0 Å². The summed E-state index contributed by atoms with van der Waals surface area (Å²) in [5.74, 6) is 0. The molecule has 2 rings (SSSR count). The second-order valence-corrected chi connectivity index (χ2v) is 4.27. The topological polar surface area (TPSA) is 42.2 Å². The van der Waals surface area contributed by atoms with Gasteiger partial charge in [-0.15, -0.1) is 0 Å². The van der Waals surface area contributed by atoms with E-state index in [-0.39, 0.29) is 0 Å². The molecule has 82 valence electrons. The molecule has 3 nitrogen and oxygen atoms in total. The third-order valence-electron chi connectivity index (χ3n) is 3.16. The molecule has 0 atom stereocenters. The molecular weight excluding hydrogens is 186 g/mol. The Morgan fingerprint density at radius 2 is 2.27 bits per heavy atom. The second-order valence-electron chi connectivity index (χ2n) is 4.27. The number of pyridine rings is 1. The van der Waals surface area contributed by atoms with Gasteiger partial charge in [0, 0.05) is 24.8 Å². The van der Waals surface area contributed by atoms with Crippen LogP contribution >= 0.6 is 0 Å². The van der Waals surface area contributed by atoms with Crippen LogP contribution in [0.5, 0.6) is 0 Å². The van der Waals surface area contributed by atoms with Crippen LogP contribution < -0.4 is 5.73 Å². The molecule has 1 fully saturated rings. The zero-order chi connectivity index (χ0) is 10.7. The van der Waals surface area contributed by atoms with Crippen molar-refractivity contribution in [1.29, 1.82) is 0 Å². The number of nitrogens with zero attached hydrogens (tertiary/aromatic N) is 2. The van der Waals surface area contributed by atoms with Gasteiger partial charge in [0.1, 0.15) is 0 Å². The van der Waals surface area contributed by atoms with Crippen molar-refractivity contribution in [1.82, 2.24) is 9.88 Å². The summed E-state index contributed by atoms with van der Waals surface area (Å²) in [5, 5.41) is 0. The zero-order valence-electron chi connectivity index (χ0n) is 9.26. The van der Waals surface area contributed by atoms with Crippen LogP contribution in [0.4, 0.5) is 0 Å². The predicted molar refractivity (Wildman–Crippen MR) is 61.3 cm³/mol. The maximum atomic E-state index is 5.81. The highest BCUT2D eigenvalue weighted by Gasteiger charge is 2.30. The molecule has 1 aromatic heterocycles. The quantitative estimate of drug-likeness (QED) is 0.807. The summed E-state index contributed by atoms with van der Waals surface area (Å²) in [4.78, 5) is 6.82. The van der Waals surface area contributed by atoms with Gasteiger partial charge in [-0.3, -0.25) is 9.88 Å². The summed E-state index contributed by atoms with van der Waals surface area (Å²) in [6, 6.07) is 7.18. The van der Waals surface area contributed by atoms with Gasteiger partial charge >= 0.3 is 0 Å². The molecule has 15 heavy (non-hydrogen) atoms. The first-order valence-corrected chi connectivity index (χ1v) is 5.69. The van der Waals surface area contributed by atoms with E-state index in [4.69, 9.17) is 5.73 Å². The van der Waals surface area contributed by atoms with Gasteiger partial charge in [0.05, 0.1) is 5.69 Å². The molecule has 1 saturated carbocycles. The average Bonchev–Trinajstić information content (AvgIpc) is 2.23. The number of nitrogens with two attached hydrogens (primary N) is 1. The molecule has 0 radical (unpaired) electrons. The van der Waals surface area contributed by atoms with Crippen LogP contribution in [0.15, 0.2) is 24.4 Å². The lowest BCUT2D eigenvalue weighted by molar-refractivity contribution is 0.108. The van der Waals surface area contributed by atoms with Gasteiger partial charge in [-0.1, -0.05) is 13.0 Å². The van der Waals surface area contributed by atoms with Gasteiger partial charge in [-0.25, -0.2) is 0 Å². The van der Waals surface area contributed by atoms with Crippen molar-refractivity contribution in [2.24, 2.45) is 5.73 Å². The predicted octanol–water partition coefficient (Wildman–Crippen LogP) is 1.39. The van der Waals surface area contributed by atoms with Crippen molar-refractivity contribution < 1.29 is 0 Å². The molecule has 2 N–H and O–H groups in total. The maximum absolute atomic E-state index is 5.81. The lowest BCUT2D eigenvalue weighted by Gasteiger charge is -2.40. The first-order valence-electron chi connectivity index (χ1n) is 5.69. The molecular formula is C12H19N3. The maximum Gasteiger partial charge on any atom is 0.0544 e. The Balaban J connectivity index is 1.91. The minimum absolute atomic E-state index is 0.424. The van der Waals surface area contributed by atoms with Gasteiger partial charge in [-0.05, 0) is 31.5 Å². The molecule has 0 amide bonds. The Kier molecular flexibility index (Phi) is 3.34. The van der Waals surface area contributed by atoms with Crippen molar-refractivity contribution in [2.75, 3.05) is 6.54 Å². The van der Waals surface area contributed by atoms with Gasteiger partial charge in [0.2, 0.25) is 0 Å². The van der Waals surface area contributed by atoms with Crippen LogP contribution in [0.1, 0.15) is 25.5 Å². The number of rotatable bonds is 4. The average molecular weight is 205 g/mol. The highest BCUT2D eigenvalue weighted by atomic mass is 15.2. The van der Waals surface area contributed by atoms with Crippen molar-refractivity contribution >= 4 is 0 Å². The van der Waals surface area contributed by atoms with E-state index >= 15 is 0 Å². The van der Waals surface area contributed by atoms with E-state index in [2.05, 4.69) is 22.9 Å². The molecule has 1 aliphatic carbocycles. The van der Waals surface area contributed by atoms with E-state index in [1.54, 1.807) is 0 Å². The summed E-state index contributed by atoms with van der Waals surface area (Å²) in [5.41, 5.74) is 6.97. The Labute approximate surface area is 91.3 Å². The van der Waals surface area contributed by atoms with E-state index in [0.717, 1.165) is 31.6 Å². The highest BCUT2D eigenvalue weighted by molar-refractivity contribution is 5.04. The van der Waals surface area contributed by atoms with Crippen LogP contribution in [0.25, 0.3) is 0 Å². The van der Waals surface area contributed by atoms with Crippen LogP contribution in [-0.2, 0) is 6.54 Å². The Bertz CT molecular complexity index is 293. The summed E-state index contributed by atoms with van der Waals surface area (Å²) in [7, 11) is 0. The summed E-state index contributed by atoms with van der Waals surface area (Å²) in [6.45, 7) is 4.23. The largest absolute Gasteiger partial charge is 0.328 e. The SMILES string of the molecule is CCN(Cc1ccccn1)C1CC(N)C1. The molecule has 1 heterocycles. The van der Waals surface area contributed by atoms with E-state index in [1.165, 1.54) is 0 Å². The lowest BCUT2D eigenvalue weighted by atomic mass is 9.86. The lowest BCUT2D eigenvalue weighted by Crippen LogP contribution is -2.50. The fourth-order valence-electron chi connectivity index (χ4n) is 2.13. The smallest absolute Gasteiger partial charge is 0.0544 e. The normalized spacial score (nSPS) is 25.3. The molecule has 1 aromatic rings. The fraction of sp³-hybridized carbons (Fsp3) is 0.583. The van der Waals surface area contributed by atoms with E-state index < -0.39 is 0 Å². The monoisotopic (exact) mass is 205 g/mol. The van der Waals surface area contributed by atoms with E-state index in [0.29, 0.717) is 12.1 Å². The van der Waals surface area contributed by atoms with Gasteiger partial charge in [0.15, 0.2) is 0 Å². The molecule has 0 bridgehead atoms. The van der Waals surface area contributed by atoms with Crippen LogP contribution in [0, 0.1) is 0 Å². The molecule has 1 aliphatic rings.